The summed E-state index contributed by atoms with van der Waals surface area (Å²) in [5.74, 6) is 1.92. The van der Waals surface area contributed by atoms with Crippen molar-refractivity contribution in [2.24, 2.45) is 5.92 Å². The monoisotopic (exact) mass is 255 g/mol. The van der Waals surface area contributed by atoms with Crippen LogP contribution in [0.15, 0.2) is 12.3 Å². The molecular weight excluding hydrogens is 238 g/mol. The van der Waals surface area contributed by atoms with E-state index in [1.54, 1.807) is 12.3 Å². The van der Waals surface area contributed by atoms with Crippen molar-refractivity contribution in [1.82, 2.24) is 9.97 Å². The van der Waals surface area contributed by atoms with Crippen molar-refractivity contribution in [3.05, 3.63) is 12.3 Å². The molecule has 0 radical (unpaired) electrons. The van der Waals surface area contributed by atoms with Gasteiger partial charge in [0.25, 0.3) is 0 Å². The highest BCUT2D eigenvalue weighted by atomic mass is 35.5. The van der Waals surface area contributed by atoms with Gasteiger partial charge < -0.3 is 10.1 Å². The maximum atomic E-state index is 5.93. The second kappa shape index (κ2) is 6.05. The third-order valence-corrected chi connectivity index (χ3v) is 3.17. The normalized spacial score (nSPS) is 22.9. The Kier molecular flexibility index (Phi) is 4.42. The number of alkyl halides is 1. The van der Waals surface area contributed by atoms with Crippen molar-refractivity contribution in [2.75, 3.05) is 18.5 Å². The van der Waals surface area contributed by atoms with E-state index in [-0.39, 0.29) is 0 Å². The van der Waals surface area contributed by atoms with Crippen LogP contribution in [0.5, 0.6) is 5.88 Å². The summed E-state index contributed by atoms with van der Waals surface area (Å²) in [5.41, 5.74) is 0. The SMILES string of the molecule is CCCOc1ccnc(NCC2CC(Cl)C2)n1. The van der Waals surface area contributed by atoms with Crippen LogP contribution in [0.2, 0.25) is 0 Å². The topological polar surface area (TPSA) is 47.0 Å². The fourth-order valence-corrected chi connectivity index (χ4v) is 2.27. The summed E-state index contributed by atoms with van der Waals surface area (Å²) in [4.78, 5) is 8.44. The Morgan fingerprint density at radius 2 is 2.35 bits per heavy atom. The Morgan fingerprint density at radius 1 is 1.53 bits per heavy atom. The molecule has 2 rings (SSSR count). The molecule has 1 aromatic heterocycles. The first-order valence-electron chi connectivity index (χ1n) is 6.11. The zero-order chi connectivity index (χ0) is 12.1. The first kappa shape index (κ1) is 12.4. The van der Waals surface area contributed by atoms with Gasteiger partial charge in [-0.15, -0.1) is 11.6 Å². The molecular formula is C12H18ClN3O. The molecule has 0 saturated heterocycles. The molecule has 0 amide bonds. The predicted octanol–water partition coefficient (Wildman–Crippen LogP) is 2.69. The summed E-state index contributed by atoms with van der Waals surface area (Å²) in [7, 11) is 0. The number of hydrogen-bond donors (Lipinski definition) is 1. The molecule has 1 aromatic rings. The van der Waals surface area contributed by atoms with Crippen LogP contribution in [0.1, 0.15) is 26.2 Å². The summed E-state index contributed by atoms with van der Waals surface area (Å²) in [6.45, 7) is 3.65. The third-order valence-electron chi connectivity index (χ3n) is 2.81. The van der Waals surface area contributed by atoms with E-state index in [2.05, 4.69) is 22.2 Å². The molecule has 4 nitrogen and oxygen atoms in total. The van der Waals surface area contributed by atoms with Crippen molar-refractivity contribution in [3.63, 3.8) is 0 Å². The lowest BCUT2D eigenvalue weighted by molar-refractivity contribution is 0.304. The van der Waals surface area contributed by atoms with Crippen LogP contribution in [-0.4, -0.2) is 28.5 Å². The number of hydrogen-bond acceptors (Lipinski definition) is 4. The van der Waals surface area contributed by atoms with E-state index in [0.29, 0.717) is 29.7 Å². The molecule has 0 atom stereocenters. The lowest BCUT2D eigenvalue weighted by Gasteiger charge is -2.30. The Bertz CT molecular complexity index is 355. The number of anilines is 1. The van der Waals surface area contributed by atoms with E-state index in [1.807, 2.05) is 0 Å². The van der Waals surface area contributed by atoms with Crippen molar-refractivity contribution >= 4 is 17.5 Å². The maximum absolute atomic E-state index is 5.93. The molecule has 0 aliphatic heterocycles. The zero-order valence-corrected chi connectivity index (χ0v) is 10.8. The molecule has 1 aliphatic rings. The summed E-state index contributed by atoms with van der Waals surface area (Å²) in [5, 5.41) is 3.59. The van der Waals surface area contributed by atoms with Gasteiger partial charge >= 0.3 is 0 Å². The zero-order valence-electron chi connectivity index (χ0n) is 10.0. The lowest BCUT2D eigenvalue weighted by Crippen LogP contribution is -2.30. The third kappa shape index (κ3) is 3.73. The van der Waals surface area contributed by atoms with Crippen molar-refractivity contribution < 1.29 is 4.74 Å². The van der Waals surface area contributed by atoms with Crippen molar-refractivity contribution in [2.45, 2.75) is 31.6 Å². The number of aromatic nitrogens is 2. The van der Waals surface area contributed by atoms with E-state index < -0.39 is 0 Å². The molecule has 1 N–H and O–H groups in total. The molecule has 0 aromatic carbocycles. The molecule has 94 valence electrons. The van der Waals surface area contributed by atoms with E-state index in [1.165, 1.54) is 0 Å². The van der Waals surface area contributed by atoms with Gasteiger partial charge in [0.15, 0.2) is 0 Å². The average Bonchev–Trinajstić information content (AvgIpc) is 2.31. The van der Waals surface area contributed by atoms with Crippen LogP contribution >= 0.6 is 11.6 Å². The summed E-state index contributed by atoms with van der Waals surface area (Å²) in [6.07, 6.45) is 4.86. The number of rotatable bonds is 6. The largest absolute Gasteiger partial charge is 0.478 e. The molecule has 5 heteroatoms. The molecule has 1 fully saturated rings. The molecule has 0 unspecified atom stereocenters. The maximum Gasteiger partial charge on any atom is 0.225 e. The quantitative estimate of drug-likeness (QED) is 0.794. The van der Waals surface area contributed by atoms with E-state index in [9.17, 15) is 0 Å². The minimum absolute atomic E-state index is 0.363. The summed E-state index contributed by atoms with van der Waals surface area (Å²) in [6, 6.07) is 1.78. The first-order valence-corrected chi connectivity index (χ1v) is 6.55. The van der Waals surface area contributed by atoms with Gasteiger partial charge in [-0.25, -0.2) is 4.98 Å². The van der Waals surface area contributed by atoms with Crippen LogP contribution in [0.4, 0.5) is 5.95 Å². The van der Waals surface area contributed by atoms with Gasteiger partial charge in [0, 0.05) is 24.2 Å². The standard InChI is InChI=1S/C12H18ClN3O/c1-2-5-17-11-3-4-14-12(16-11)15-8-9-6-10(13)7-9/h3-4,9-10H,2,5-8H2,1H3,(H,14,15,16). The lowest BCUT2D eigenvalue weighted by atomic mass is 9.85. The summed E-state index contributed by atoms with van der Waals surface area (Å²) >= 11 is 5.93. The van der Waals surface area contributed by atoms with Crippen molar-refractivity contribution in [3.8, 4) is 5.88 Å². The summed E-state index contributed by atoms with van der Waals surface area (Å²) < 4.78 is 5.45. The number of ether oxygens (including phenoxy) is 1. The number of nitrogens with one attached hydrogen (secondary N) is 1. The molecule has 0 bridgehead atoms. The van der Waals surface area contributed by atoms with Gasteiger partial charge in [-0.2, -0.15) is 4.98 Å². The molecule has 17 heavy (non-hydrogen) atoms. The minimum Gasteiger partial charge on any atom is -0.478 e. The Morgan fingerprint density at radius 3 is 3.06 bits per heavy atom. The van der Waals surface area contributed by atoms with E-state index in [0.717, 1.165) is 25.8 Å². The number of nitrogens with zero attached hydrogens (tertiary/aromatic N) is 2. The first-order chi connectivity index (χ1) is 8.28. The van der Waals surface area contributed by atoms with Crippen LogP contribution < -0.4 is 10.1 Å². The molecule has 1 aliphatic carbocycles. The van der Waals surface area contributed by atoms with E-state index >= 15 is 0 Å². The number of halogens is 1. The molecule has 0 spiro atoms. The smallest absolute Gasteiger partial charge is 0.225 e. The van der Waals surface area contributed by atoms with Gasteiger partial charge in [-0.3, -0.25) is 0 Å². The van der Waals surface area contributed by atoms with Gasteiger partial charge in [-0.05, 0) is 25.2 Å². The van der Waals surface area contributed by atoms with Gasteiger partial charge in [0.1, 0.15) is 0 Å². The second-order valence-electron chi connectivity index (χ2n) is 4.38. The van der Waals surface area contributed by atoms with E-state index in [4.69, 9.17) is 16.3 Å². The van der Waals surface area contributed by atoms with Gasteiger partial charge in [0.2, 0.25) is 11.8 Å². The highest BCUT2D eigenvalue weighted by molar-refractivity contribution is 6.21. The van der Waals surface area contributed by atoms with Crippen LogP contribution in [0, 0.1) is 5.92 Å². The minimum atomic E-state index is 0.363. The molecule has 1 heterocycles. The second-order valence-corrected chi connectivity index (χ2v) is 5.00. The van der Waals surface area contributed by atoms with Gasteiger partial charge in [0.05, 0.1) is 6.61 Å². The Balaban J connectivity index is 1.79. The van der Waals surface area contributed by atoms with Crippen LogP contribution in [-0.2, 0) is 0 Å². The predicted molar refractivity (Wildman–Crippen MR) is 68.7 cm³/mol. The van der Waals surface area contributed by atoms with Crippen molar-refractivity contribution in [1.29, 1.82) is 0 Å². The fourth-order valence-electron chi connectivity index (χ4n) is 1.77. The van der Waals surface area contributed by atoms with Gasteiger partial charge in [-0.1, -0.05) is 6.92 Å². The molecule has 1 saturated carbocycles. The van der Waals surface area contributed by atoms with Crippen LogP contribution in [0.3, 0.4) is 0 Å². The van der Waals surface area contributed by atoms with Crippen LogP contribution in [0.25, 0.3) is 0 Å². The highest BCUT2D eigenvalue weighted by Gasteiger charge is 2.26. The fraction of sp³-hybridized carbons (Fsp3) is 0.667. The Labute approximate surface area is 107 Å². The Hall–Kier alpha value is -1.03. The average molecular weight is 256 g/mol. The highest BCUT2D eigenvalue weighted by Crippen LogP contribution is 2.31.